The molecule has 1 unspecified atom stereocenters. The lowest BCUT2D eigenvalue weighted by Crippen LogP contribution is -2.19. The van der Waals surface area contributed by atoms with E-state index in [4.69, 9.17) is 9.84 Å². The van der Waals surface area contributed by atoms with Crippen LogP contribution in [0.3, 0.4) is 0 Å². The molecule has 1 N–H and O–H groups in total. The van der Waals surface area contributed by atoms with E-state index in [0.717, 1.165) is 18.6 Å². The first kappa shape index (κ1) is 13.6. The van der Waals surface area contributed by atoms with Gasteiger partial charge in [0.25, 0.3) is 0 Å². The van der Waals surface area contributed by atoms with Gasteiger partial charge in [-0.2, -0.15) is 0 Å². The molecule has 0 aliphatic carbocycles. The maximum Gasteiger partial charge on any atom is 0.307 e. The van der Waals surface area contributed by atoms with Crippen LogP contribution in [-0.2, 0) is 11.2 Å². The van der Waals surface area contributed by atoms with Gasteiger partial charge in [-0.15, -0.1) is 0 Å². The molecule has 0 saturated heterocycles. The molecule has 0 spiro atoms. The van der Waals surface area contributed by atoms with E-state index in [0.29, 0.717) is 6.42 Å². The number of benzene rings is 1. The Morgan fingerprint density at radius 1 is 1.29 bits per heavy atom. The van der Waals surface area contributed by atoms with Crippen LogP contribution in [0.25, 0.3) is 0 Å². The van der Waals surface area contributed by atoms with Gasteiger partial charge < -0.3 is 9.84 Å². The SMILES string of the molecule is CCCc1ccc(OC(CC)CC(=O)O)cc1. The quantitative estimate of drug-likeness (QED) is 0.790. The van der Waals surface area contributed by atoms with Gasteiger partial charge >= 0.3 is 5.97 Å². The van der Waals surface area contributed by atoms with Crippen molar-refractivity contribution in [3.05, 3.63) is 29.8 Å². The second kappa shape index (κ2) is 6.94. The monoisotopic (exact) mass is 236 g/mol. The fourth-order valence-electron chi connectivity index (χ4n) is 1.68. The number of carbonyl (C=O) groups is 1. The van der Waals surface area contributed by atoms with Crippen molar-refractivity contribution < 1.29 is 14.6 Å². The van der Waals surface area contributed by atoms with Crippen LogP contribution in [0.5, 0.6) is 5.75 Å². The molecule has 0 aliphatic heterocycles. The van der Waals surface area contributed by atoms with E-state index in [9.17, 15) is 4.79 Å². The average Bonchev–Trinajstić information content (AvgIpc) is 2.30. The van der Waals surface area contributed by atoms with Crippen molar-refractivity contribution in [2.45, 2.75) is 45.6 Å². The fraction of sp³-hybridized carbons (Fsp3) is 0.500. The molecule has 1 aromatic rings. The van der Waals surface area contributed by atoms with E-state index in [-0.39, 0.29) is 12.5 Å². The van der Waals surface area contributed by atoms with Gasteiger partial charge in [-0.1, -0.05) is 32.4 Å². The third-order valence-electron chi connectivity index (χ3n) is 2.62. The number of rotatable bonds is 7. The number of ether oxygens (including phenoxy) is 1. The van der Waals surface area contributed by atoms with Gasteiger partial charge in [-0.05, 0) is 30.5 Å². The Morgan fingerprint density at radius 2 is 1.94 bits per heavy atom. The predicted molar refractivity (Wildman–Crippen MR) is 67.4 cm³/mol. The summed E-state index contributed by atoms with van der Waals surface area (Å²) in [6.45, 7) is 4.07. The zero-order valence-electron chi connectivity index (χ0n) is 10.5. The summed E-state index contributed by atoms with van der Waals surface area (Å²) in [5.74, 6) is -0.0718. The second-order valence-electron chi connectivity index (χ2n) is 4.14. The van der Waals surface area contributed by atoms with Crippen LogP contribution in [0.2, 0.25) is 0 Å². The zero-order chi connectivity index (χ0) is 12.7. The molecule has 3 heteroatoms. The van der Waals surface area contributed by atoms with E-state index in [2.05, 4.69) is 6.92 Å². The van der Waals surface area contributed by atoms with Gasteiger partial charge in [0.15, 0.2) is 0 Å². The van der Waals surface area contributed by atoms with Crippen LogP contribution < -0.4 is 4.74 Å². The molecule has 0 radical (unpaired) electrons. The first-order valence-corrected chi connectivity index (χ1v) is 6.13. The maximum absolute atomic E-state index is 10.6. The van der Waals surface area contributed by atoms with Crippen LogP contribution in [0.1, 0.15) is 38.7 Å². The maximum atomic E-state index is 10.6. The minimum atomic E-state index is -0.820. The molecule has 94 valence electrons. The van der Waals surface area contributed by atoms with Crippen LogP contribution in [0.15, 0.2) is 24.3 Å². The summed E-state index contributed by atoms with van der Waals surface area (Å²) in [6, 6.07) is 7.89. The van der Waals surface area contributed by atoms with Crippen molar-refractivity contribution in [3.63, 3.8) is 0 Å². The standard InChI is InChI=1S/C14H20O3/c1-3-5-11-6-8-13(9-7-11)17-12(4-2)10-14(15)16/h6-9,12H,3-5,10H2,1-2H3,(H,15,16). The first-order chi connectivity index (χ1) is 8.15. The molecular weight excluding hydrogens is 216 g/mol. The molecular formula is C14H20O3. The minimum absolute atomic E-state index is 0.0488. The smallest absolute Gasteiger partial charge is 0.307 e. The van der Waals surface area contributed by atoms with Crippen LogP contribution >= 0.6 is 0 Å². The Hall–Kier alpha value is -1.51. The Morgan fingerprint density at radius 3 is 2.41 bits per heavy atom. The highest BCUT2D eigenvalue weighted by Gasteiger charge is 2.12. The van der Waals surface area contributed by atoms with Crippen LogP contribution in [0.4, 0.5) is 0 Å². The molecule has 0 fully saturated rings. The summed E-state index contributed by atoms with van der Waals surface area (Å²) < 4.78 is 5.63. The number of carboxylic acid groups (broad SMARTS) is 1. The molecule has 0 heterocycles. The lowest BCUT2D eigenvalue weighted by atomic mass is 10.1. The topological polar surface area (TPSA) is 46.5 Å². The Balaban J connectivity index is 2.57. The normalized spacial score (nSPS) is 12.1. The van der Waals surface area contributed by atoms with Crippen molar-refractivity contribution in [2.75, 3.05) is 0 Å². The highest BCUT2D eigenvalue weighted by Crippen LogP contribution is 2.17. The van der Waals surface area contributed by atoms with E-state index in [1.165, 1.54) is 5.56 Å². The Bertz CT molecular complexity index is 343. The Labute approximate surface area is 102 Å². The van der Waals surface area contributed by atoms with Crippen LogP contribution in [0, 0.1) is 0 Å². The molecule has 0 amide bonds. The summed E-state index contributed by atoms with van der Waals surface area (Å²) in [5.41, 5.74) is 1.28. The minimum Gasteiger partial charge on any atom is -0.490 e. The predicted octanol–water partition coefficient (Wildman–Crippen LogP) is 3.27. The third-order valence-corrected chi connectivity index (χ3v) is 2.62. The Kier molecular flexibility index (Phi) is 5.53. The molecule has 0 aliphatic rings. The van der Waals surface area contributed by atoms with Crippen molar-refractivity contribution >= 4 is 5.97 Å². The number of aryl methyl sites for hydroxylation is 1. The molecule has 1 atom stereocenters. The second-order valence-corrected chi connectivity index (χ2v) is 4.14. The van der Waals surface area contributed by atoms with Gasteiger partial charge in [-0.3, -0.25) is 4.79 Å². The summed E-state index contributed by atoms with van der Waals surface area (Å²) in [5, 5.41) is 8.73. The van der Waals surface area contributed by atoms with Gasteiger partial charge in [0, 0.05) is 0 Å². The number of hydrogen-bond donors (Lipinski definition) is 1. The van der Waals surface area contributed by atoms with Gasteiger partial charge in [0.1, 0.15) is 11.9 Å². The number of aliphatic carboxylic acids is 1. The summed E-state index contributed by atoms with van der Waals surface area (Å²) in [6.07, 6.45) is 2.68. The molecule has 0 bridgehead atoms. The lowest BCUT2D eigenvalue weighted by Gasteiger charge is -2.15. The highest BCUT2D eigenvalue weighted by atomic mass is 16.5. The van der Waals surface area contributed by atoms with Gasteiger partial charge in [0.2, 0.25) is 0 Å². The number of carboxylic acids is 1. The van der Waals surface area contributed by atoms with Crippen molar-refractivity contribution in [3.8, 4) is 5.75 Å². The summed E-state index contributed by atoms with van der Waals surface area (Å²) >= 11 is 0. The summed E-state index contributed by atoms with van der Waals surface area (Å²) in [4.78, 5) is 10.6. The largest absolute Gasteiger partial charge is 0.490 e. The lowest BCUT2D eigenvalue weighted by molar-refractivity contribution is -0.138. The summed E-state index contributed by atoms with van der Waals surface area (Å²) in [7, 11) is 0. The zero-order valence-corrected chi connectivity index (χ0v) is 10.5. The van der Waals surface area contributed by atoms with E-state index >= 15 is 0 Å². The van der Waals surface area contributed by atoms with E-state index < -0.39 is 5.97 Å². The first-order valence-electron chi connectivity index (χ1n) is 6.13. The van der Waals surface area contributed by atoms with E-state index in [1.807, 2.05) is 31.2 Å². The van der Waals surface area contributed by atoms with Gasteiger partial charge in [-0.25, -0.2) is 0 Å². The molecule has 0 saturated carbocycles. The number of hydrogen-bond acceptors (Lipinski definition) is 2. The average molecular weight is 236 g/mol. The van der Waals surface area contributed by atoms with Gasteiger partial charge in [0.05, 0.1) is 6.42 Å². The van der Waals surface area contributed by atoms with Crippen LogP contribution in [-0.4, -0.2) is 17.2 Å². The molecule has 1 aromatic carbocycles. The highest BCUT2D eigenvalue weighted by molar-refractivity contribution is 5.67. The van der Waals surface area contributed by atoms with Crippen molar-refractivity contribution in [1.29, 1.82) is 0 Å². The fourth-order valence-corrected chi connectivity index (χ4v) is 1.68. The molecule has 17 heavy (non-hydrogen) atoms. The molecule has 1 rings (SSSR count). The van der Waals surface area contributed by atoms with Crippen molar-refractivity contribution in [1.82, 2.24) is 0 Å². The third kappa shape index (κ3) is 4.89. The van der Waals surface area contributed by atoms with Crippen molar-refractivity contribution in [2.24, 2.45) is 0 Å². The molecule has 3 nitrogen and oxygen atoms in total. The molecule has 0 aromatic heterocycles. The van der Waals surface area contributed by atoms with E-state index in [1.54, 1.807) is 0 Å².